The van der Waals surface area contributed by atoms with Crippen molar-refractivity contribution in [2.24, 2.45) is 0 Å². The van der Waals surface area contributed by atoms with Gasteiger partial charge >= 0.3 is 6.03 Å². The van der Waals surface area contributed by atoms with Gasteiger partial charge in [0.05, 0.1) is 16.8 Å². The van der Waals surface area contributed by atoms with Crippen molar-refractivity contribution in [2.75, 3.05) is 18.4 Å². The van der Waals surface area contributed by atoms with E-state index >= 15 is 0 Å². The molecule has 1 aliphatic heterocycles. The number of nitrogens with zero attached hydrogens (tertiary/aromatic N) is 3. The maximum atomic E-state index is 12.6. The van der Waals surface area contributed by atoms with E-state index < -0.39 is 6.67 Å². The third-order valence-electron chi connectivity index (χ3n) is 4.80. The van der Waals surface area contributed by atoms with Crippen molar-refractivity contribution in [1.29, 1.82) is 0 Å². The molecule has 0 spiro atoms. The Morgan fingerprint density at radius 1 is 1.30 bits per heavy atom. The molecule has 0 radical (unpaired) electrons. The van der Waals surface area contributed by atoms with E-state index in [-0.39, 0.29) is 18.0 Å². The monoisotopic (exact) mass is 431 g/mol. The van der Waals surface area contributed by atoms with Gasteiger partial charge < -0.3 is 10.2 Å². The third kappa shape index (κ3) is 5.33. The number of carbonyl (C=O) groups is 2. The van der Waals surface area contributed by atoms with E-state index in [2.05, 4.69) is 20.6 Å². The molecule has 1 aliphatic rings. The van der Waals surface area contributed by atoms with Gasteiger partial charge in [-0.1, -0.05) is 23.7 Å². The van der Waals surface area contributed by atoms with Gasteiger partial charge in [0.2, 0.25) is 5.91 Å². The van der Waals surface area contributed by atoms with Crippen LogP contribution in [-0.2, 0) is 11.5 Å². The zero-order valence-electron chi connectivity index (χ0n) is 16.8. The molecule has 3 amide bonds. The lowest BCUT2D eigenvalue weighted by Gasteiger charge is -2.26. The van der Waals surface area contributed by atoms with Gasteiger partial charge in [0.15, 0.2) is 0 Å². The molecule has 2 aromatic rings. The summed E-state index contributed by atoms with van der Waals surface area (Å²) in [6, 6.07) is 4.50. The summed E-state index contributed by atoms with van der Waals surface area (Å²) < 4.78 is 12.6. The molecular formula is C21H23ClFN5O2. The summed E-state index contributed by atoms with van der Waals surface area (Å²) >= 11 is 6.43. The predicted molar refractivity (Wildman–Crippen MR) is 114 cm³/mol. The smallest absolute Gasteiger partial charge is 0.323 e. The second-order valence-electron chi connectivity index (χ2n) is 7.06. The molecule has 1 unspecified atom stereocenters. The van der Waals surface area contributed by atoms with Gasteiger partial charge in [-0.05, 0) is 36.6 Å². The van der Waals surface area contributed by atoms with Crippen LogP contribution >= 0.6 is 11.6 Å². The average molecular weight is 432 g/mol. The lowest BCUT2D eigenvalue weighted by Crippen LogP contribution is -2.38. The summed E-state index contributed by atoms with van der Waals surface area (Å²) in [6.45, 7) is 3.65. The molecule has 0 saturated carbocycles. The molecule has 2 N–H and O–H groups in total. The quantitative estimate of drug-likeness (QED) is 0.745. The van der Waals surface area contributed by atoms with Crippen molar-refractivity contribution in [3.63, 3.8) is 0 Å². The van der Waals surface area contributed by atoms with Gasteiger partial charge in [0.1, 0.15) is 12.5 Å². The van der Waals surface area contributed by atoms with Crippen LogP contribution in [0.25, 0.3) is 5.57 Å². The number of hydrogen-bond acceptors (Lipinski definition) is 4. The van der Waals surface area contributed by atoms with Crippen LogP contribution in [0.15, 0.2) is 36.7 Å². The normalized spacial score (nSPS) is 14.7. The van der Waals surface area contributed by atoms with Crippen molar-refractivity contribution >= 4 is 34.9 Å². The second kappa shape index (κ2) is 9.67. The van der Waals surface area contributed by atoms with Crippen molar-refractivity contribution in [3.05, 3.63) is 58.5 Å². The average Bonchev–Trinajstić information content (AvgIpc) is 2.74. The van der Waals surface area contributed by atoms with Crippen LogP contribution in [0.2, 0.25) is 5.02 Å². The number of nitrogens with one attached hydrogen (secondary N) is 2. The van der Waals surface area contributed by atoms with Gasteiger partial charge in [-0.25, -0.2) is 14.2 Å². The number of urea groups is 1. The summed E-state index contributed by atoms with van der Waals surface area (Å²) in [6.07, 6.45) is 5.63. The number of anilines is 1. The molecule has 0 aliphatic carbocycles. The molecule has 3 rings (SSSR count). The fourth-order valence-corrected chi connectivity index (χ4v) is 3.44. The molecule has 2 aromatic heterocycles. The number of rotatable bonds is 5. The Kier molecular flexibility index (Phi) is 6.99. The SMILES string of the molecule is CC(=O)NC(C)c1cnc(C2=CCN(C(=O)Nc3ccc(CF)cn3)CC2)c(Cl)c1. The standard InChI is InChI=1S/C21H23ClFN5O2/c1-13(26-14(2)29)17-9-18(22)20(25-12-17)16-5-7-28(8-6-16)21(30)27-19-4-3-15(10-23)11-24-19/h3-5,9,11-13H,6-8,10H2,1-2H3,(H,26,29)(H,24,27,30). The predicted octanol–water partition coefficient (Wildman–Crippen LogP) is 4.12. The zero-order valence-corrected chi connectivity index (χ0v) is 17.5. The van der Waals surface area contributed by atoms with Crippen LogP contribution in [0.1, 0.15) is 43.1 Å². The first kappa shape index (κ1) is 21.7. The van der Waals surface area contributed by atoms with E-state index in [0.717, 1.165) is 11.1 Å². The highest BCUT2D eigenvalue weighted by atomic mass is 35.5. The first-order valence-electron chi connectivity index (χ1n) is 9.56. The number of aromatic nitrogens is 2. The van der Waals surface area contributed by atoms with Crippen LogP contribution in [0.5, 0.6) is 0 Å². The first-order chi connectivity index (χ1) is 14.4. The molecule has 9 heteroatoms. The van der Waals surface area contributed by atoms with E-state index in [9.17, 15) is 14.0 Å². The number of hydrogen-bond donors (Lipinski definition) is 2. The highest BCUT2D eigenvalue weighted by Crippen LogP contribution is 2.29. The topological polar surface area (TPSA) is 87.2 Å². The highest BCUT2D eigenvalue weighted by Gasteiger charge is 2.21. The Morgan fingerprint density at radius 3 is 2.67 bits per heavy atom. The minimum absolute atomic E-state index is 0.121. The molecule has 0 bridgehead atoms. The van der Waals surface area contributed by atoms with Gasteiger partial charge in [-0.2, -0.15) is 0 Å². The van der Waals surface area contributed by atoms with Crippen LogP contribution in [0.4, 0.5) is 15.0 Å². The molecule has 7 nitrogen and oxygen atoms in total. The number of amides is 3. The van der Waals surface area contributed by atoms with Crippen molar-refractivity contribution in [1.82, 2.24) is 20.2 Å². The number of carbonyl (C=O) groups excluding carboxylic acids is 2. The Hall–Kier alpha value is -3.00. The van der Waals surface area contributed by atoms with Gasteiger partial charge in [0.25, 0.3) is 0 Å². The molecule has 3 heterocycles. The lowest BCUT2D eigenvalue weighted by atomic mass is 10.0. The maximum absolute atomic E-state index is 12.6. The van der Waals surface area contributed by atoms with Crippen LogP contribution in [0, 0.1) is 0 Å². The summed E-state index contributed by atoms with van der Waals surface area (Å²) in [7, 11) is 0. The van der Waals surface area contributed by atoms with E-state index in [0.29, 0.717) is 41.6 Å². The second-order valence-corrected chi connectivity index (χ2v) is 7.47. The number of alkyl halides is 1. The van der Waals surface area contributed by atoms with E-state index in [1.54, 1.807) is 29.3 Å². The van der Waals surface area contributed by atoms with Crippen molar-refractivity contribution in [2.45, 2.75) is 33.0 Å². The molecule has 0 saturated heterocycles. The Labute approximate surface area is 179 Å². The summed E-state index contributed by atoms with van der Waals surface area (Å²) in [5.41, 5.74) is 2.93. The summed E-state index contributed by atoms with van der Waals surface area (Å²) in [5, 5.41) is 6.02. The fourth-order valence-electron chi connectivity index (χ4n) is 3.15. The molecule has 0 fully saturated rings. The third-order valence-corrected chi connectivity index (χ3v) is 5.08. The van der Waals surface area contributed by atoms with E-state index in [1.807, 2.05) is 13.0 Å². The molecule has 30 heavy (non-hydrogen) atoms. The molecule has 158 valence electrons. The summed E-state index contributed by atoms with van der Waals surface area (Å²) in [4.78, 5) is 33.8. The Morgan fingerprint density at radius 2 is 2.10 bits per heavy atom. The summed E-state index contributed by atoms with van der Waals surface area (Å²) in [5.74, 6) is 0.255. The van der Waals surface area contributed by atoms with Crippen LogP contribution in [0.3, 0.4) is 0 Å². The van der Waals surface area contributed by atoms with Crippen LogP contribution < -0.4 is 10.6 Å². The van der Waals surface area contributed by atoms with Gasteiger partial charge in [-0.3, -0.25) is 15.1 Å². The molecule has 1 atom stereocenters. The Bertz CT molecular complexity index is 964. The van der Waals surface area contributed by atoms with Crippen LogP contribution in [-0.4, -0.2) is 39.9 Å². The van der Waals surface area contributed by atoms with Gasteiger partial charge in [-0.15, -0.1) is 0 Å². The lowest BCUT2D eigenvalue weighted by molar-refractivity contribution is -0.119. The molecule has 0 aromatic carbocycles. The van der Waals surface area contributed by atoms with E-state index in [4.69, 9.17) is 11.6 Å². The minimum atomic E-state index is -0.593. The fraction of sp³-hybridized carbons (Fsp3) is 0.333. The first-order valence-corrected chi connectivity index (χ1v) is 9.94. The van der Waals surface area contributed by atoms with Gasteiger partial charge in [0, 0.05) is 38.0 Å². The number of halogens is 2. The van der Waals surface area contributed by atoms with Crippen molar-refractivity contribution < 1.29 is 14.0 Å². The highest BCUT2D eigenvalue weighted by molar-refractivity contribution is 6.32. The number of pyridine rings is 2. The minimum Gasteiger partial charge on any atom is -0.350 e. The molecular weight excluding hydrogens is 409 g/mol. The van der Waals surface area contributed by atoms with Crippen molar-refractivity contribution in [3.8, 4) is 0 Å². The maximum Gasteiger partial charge on any atom is 0.323 e. The van der Waals surface area contributed by atoms with E-state index in [1.165, 1.54) is 13.1 Å². The largest absolute Gasteiger partial charge is 0.350 e. The Balaban J connectivity index is 1.63. The zero-order chi connectivity index (χ0) is 21.7.